The number of aliphatic hydroxyl groups is 5. The minimum Gasteiger partial charge on any atom is -0.394 e. The monoisotopic (exact) mass is 308 g/mol. The average molecular weight is 308 g/mol. The highest BCUT2D eigenvalue weighted by Gasteiger charge is 2.29. The minimum atomic E-state index is -1.59. The van der Waals surface area contributed by atoms with E-state index >= 15 is 0 Å². The van der Waals surface area contributed by atoms with Crippen LogP contribution < -0.4 is 0 Å². The molecule has 0 aromatic carbocycles. The van der Waals surface area contributed by atoms with E-state index in [4.69, 9.17) is 14.9 Å². The van der Waals surface area contributed by atoms with Crippen LogP contribution in [0, 0.1) is 0 Å². The van der Waals surface area contributed by atoms with E-state index in [1.165, 1.54) is 32.1 Å². The van der Waals surface area contributed by atoms with Crippen LogP contribution in [0.25, 0.3) is 0 Å². The third kappa shape index (κ3) is 10.2. The zero-order valence-corrected chi connectivity index (χ0v) is 13.0. The van der Waals surface area contributed by atoms with E-state index in [2.05, 4.69) is 6.92 Å². The molecule has 0 radical (unpaired) electrons. The van der Waals surface area contributed by atoms with Gasteiger partial charge in [0.25, 0.3) is 0 Å². The molecule has 0 saturated carbocycles. The summed E-state index contributed by atoms with van der Waals surface area (Å²) in [4.78, 5) is 0. The Balaban J connectivity index is 3.54. The summed E-state index contributed by atoms with van der Waals surface area (Å²) >= 11 is 0. The molecule has 0 fully saturated rings. The standard InChI is InChI=1S/C15H32O6/c1-2-3-4-5-6-7-8-9-21-11-13(18)15(20)14(19)12(17)10-16/h12-20H,2-11H2,1H3. The van der Waals surface area contributed by atoms with Gasteiger partial charge in [-0.05, 0) is 6.42 Å². The summed E-state index contributed by atoms with van der Waals surface area (Å²) < 4.78 is 5.24. The van der Waals surface area contributed by atoms with E-state index in [-0.39, 0.29) is 6.61 Å². The second kappa shape index (κ2) is 13.4. The van der Waals surface area contributed by atoms with Crippen LogP contribution in [-0.4, -0.2) is 69.8 Å². The van der Waals surface area contributed by atoms with Crippen molar-refractivity contribution in [2.75, 3.05) is 19.8 Å². The lowest BCUT2D eigenvalue weighted by atomic mass is 10.0. The summed E-state index contributed by atoms with van der Waals surface area (Å²) in [5.74, 6) is 0. The maximum absolute atomic E-state index is 9.60. The van der Waals surface area contributed by atoms with Gasteiger partial charge in [0, 0.05) is 6.61 Å². The number of hydrogen-bond donors (Lipinski definition) is 5. The topological polar surface area (TPSA) is 110 Å². The highest BCUT2D eigenvalue weighted by Crippen LogP contribution is 2.08. The van der Waals surface area contributed by atoms with Crippen LogP contribution in [0.4, 0.5) is 0 Å². The maximum Gasteiger partial charge on any atom is 0.111 e. The SMILES string of the molecule is CCCCCCCCCOCC(O)C(O)C(O)C(O)CO. The van der Waals surface area contributed by atoms with Crippen LogP contribution in [0.15, 0.2) is 0 Å². The third-order valence-electron chi connectivity index (χ3n) is 3.51. The molecule has 4 unspecified atom stereocenters. The fourth-order valence-electron chi connectivity index (χ4n) is 2.03. The van der Waals surface area contributed by atoms with Crippen molar-refractivity contribution in [3.05, 3.63) is 0 Å². The summed E-state index contributed by atoms with van der Waals surface area (Å²) in [5, 5.41) is 46.4. The quantitative estimate of drug-likeness (QED) is 0.293. The Hall–Kier alpha value is -0.240. The molecule has 0 rings (SSSR count). The third-order valence-corrected chi connectivity index (χ3v) is 3.51. The lowest BCUT2D eigenvalue weighted by Crippen LogP contribution is -2.47. The van der Waals surface area contributed by atoms with Gasteiger partial charge in [-0.3, -0.25) is 0 Å². The van der Waals surface area contributed by atoms with Gasteiger partial charge in [0.1, 0.15) is 24.4 Å². The average Bonchev–Trinajstić information content (AvgIpc) is 2.50. The molecule has 21 heavy (non-hydrogen) atoms. The van der Waals surface area contributed by atoms with Gasteiger partial charge in [-0.15, -0.1) is 0 Å². The molecule has 0 aliphatic rings. The van der Waals surface area contributed by atoms with Crippen molar-refractivity contribution in [3.8, 4) is 0 Å². The highest BCUT2D eigenvalue weighted by molar-refractivity contribution is 4.80. The van der Waals surface area contributed by atoms with Gasteiger partial charge >= 0.3 is 0 Å². The van der Waals surface area contributed by atoms with Crippen molar-refractivity contribution in [3.63, 3.8) is 0 Å². The van der Waals surface area contributed by atoms with Crippen LogP contribution >= 0.6 is 0 Å². The van der Waals surface area contributed by atoms with Gasteiger partial charge < -0.3 is 30.3 Å². The Morgan fingerprint density at radius 3 is 1.86 bits per heavy atom. The summed E-state index contributed by atoms with van der Waals surface area (Å²) in [6.45, 7) is 1.90. The largest absolute Gasteiger partial charge is 0.394 e. The Bertz CT molecular complexity index is 226. The molecule has 128 valence electrons. The van der Waals surface area contributed by atoms with Gasteiger partial charge in [0.15, 0.2) is 0 Å². The van der Waals surface area contributed by atoms with Gasteiger partial charge in [0.2, 0.25) is 0 Å². The number of aliphatic hydroxyl groups excluding tert-OH is 5. The molecule has 6 heteroatoms. The van der Waals surface area contributed by atoms with Crippen LogP contribution in [0.2, 0.25) is 0 Å². The molecule has 0 aliphatic carbocycles. The molecule has 0 saturated heterocycles. The molecular formula is C15H32O6. The second-order valence-corrected chi connectivity index (χ2v) is 5.49. The molecule has 5 N–H and O–H groups in total. The first-order chi connectivity index (χ1) is 10.0. The van der Waals surface area contributed by atoms with E-state index in [9.17, 15) is 15.3 Å². The minimum absolute atomic E-state index is 0.105. The number of ether oxygens (including phenoxy) is 1. The van der Waals surface area contributed by atoms with E-state index < -0.39 is 31.0 Å². The summed E-state index contributed by atoms with van der Waals surface area (Å²) in [5.41, 5.74) is 0. The van der Waals surface area contributed by atoms with Crippen molar-refractivity contribution >= 4 is 0 Å². The van der Waals surface area contributed by atoms with E-state index in [0.717, 1.165) is 12.8 Å². The van der Waals surface area contributed by atoms with E-state index in [1.54, 1.807) is 0 Å². The molecule has 0 aromatic heterocycles. The number of rotatable bonds is 14. The second-order valence-electron chi connectivity index (χ2n) is 5.49. The Labute approximate surface area is 127 Å². The molecule has 6 nitrogen and oxygen atoms in total. The number of unbranched alkanes of at least 4 members (excludes halogenated alkanes) is 6. The fourth-order valence-corrected chi connectivity index (χ4v) is 2.03. The lowest BCUT2D eigenvalue weighted by molar-refractivity contribution is -0.129. The molecule has 4 atom stereocenters. The van der Waals surface area contributed by atoms with Crippen molar-refractivity contribution in [1.29, 1.82) is 0 Å². The first-order valence-corrected chi connectivity index (χ1v) is 7.95. The molecular weight excluding hydrogens is 276 g/mol. The smallest absolute Gasteiger partial charge is 0.111 e. The van der Waals surface area contributed by atoms with Crippen molar-refractivity contribution in [1.82, 2.24) is 0 Å². The van der Waals surface area contributed by atoms with Gasteiger partial charge in [-0.25, -0.2) is 0 Å². The predicted octanol–water partition coefficient (Wildman–Crippen LogP) is 0.190. The molecule has 0 spiro atoms. The first kappa shape index (κ1) is 20.8. The van der Waals surface area contributed by atoms with E-state index in [0.29, 0.717) is 6.61 Å². The van der Waals surface area contributed by atoms with Crippen LogP contribution in [0.3, 0.4) is 0 Å². The Morgan fingerprint density at radius 2 is 1.29 bits per heavy atom. The zero-order chi connectivity index (χ0) is 16.1. The Morgan fingerprint density at radius 1 is 0.762 bits per heavy atom. The van der Waals surface area contributed by atoms with Gasteiger partial charge in [0.05, 0.1) is 13.2 Å². The van der Waals surface area contributed by atoms with Crippen molar-refractivity contribution < 1.29 is 30.3 Å². The lowest BCUT2D eigenvalue weighted by Gasteiger charge is -2.25. The van der Waals surface area contributed by atoms with Crippen LogP contribution in [-0.2, 0) is 4.74 Å². The van der Waals surface area contributed by atoms with Gasteiger partial charge in [-0.2, -0.15) is 0 Å². The maximum atomic E-state index is 9.60. The van der Waals surface area contributed by atoms with Crippen LogP contribution in [0.1, 0.15) is 51.9 Å². The van der Waals surface area contributed by atoms with E-state index in [1.807, 2.05) is 0 Å². The Kier molecular flexibility index (Phi) is 13.3. The molecule has 0 aliphatic heterocycles. The molecule has 0 bridgehead atoms. The van der Waals surface area contributed by atoms with Crippen molar-refractivity contribution in [2.45, 2.75) is 76.3 Å². The highest BCUT2D eigenvalue weighted by atomic mass is 16.5. The zero-order valence-electron chi connectivity index (χ0n) is 13.0. The molecule has 0 heterocycles. The van der Waals surface area contributed by atoms with Gasteiger partial charge in [-0.1, -0.05) is 45.4 Å². The first-order valence-electron chi connectivity index (χ1n) is 7.95. The molecule has 0 aromatic rings. The summed E-state index contributed by atoms with van der Waals surface area (Å²) in [7, 11) is 0. The normalized spacial score (nSPS) is 17.4. The molecule has 0 amide bonds. The fraction of sp³-hybridized carbons (Fsp3) is 1.00. The number of hydrogen-bond acceptors (Lipinski definition) is 6. The van der Waals surface area contributed by atoms with Crippen molar-refractivity contribution in [2.24, 2.45) is 0 Å². The predicted molar refractivity (Wildman–Crippen MR) is 79.9 cm³/mol. The van der Waals surface area contributed by atoms with Crippen LogP contribution in [0.5, 0.6) is 0 Å². The summed E-state index contributed by atoms with van der Waals surface area (Å²) in [6, 6.07) is 0. The summed E-state index contributed by atoms with van der Waals surface area (Å²) in [6.07, 6.45) is 2.29.